The second-order valence-electron chi connectivity index (χ2n) is 6.58. The zero-order valence-corrected chi connectivity index (χ0v) is 15.0. The largest absolute Gasteiger partial charge is 0.496 e. The first-order chi connectivity index (χ1) is 12.4. The number of carboxylic acids is 1. The number of carbonyl (C=O) groups excluding carboxylic acids is 1. The molecule has 0 amide bonds. The molecule has 2 heterocycles. The first-order valence-corrected chi connectivity index (χ1v) is 8.57. The molecule has 3 rings (SSSR count). The number of benzene rings is 1. The molecule has 3 N–H and O–H groups in total. The van der Waals surface area contributed by atoms with E-state index in [4.69, 9.17) is 25.1 Å². The van der Waals surface area contributed by atoms with Crippen molar-refractivity contribution in [2.24, 2.45) is 5.92 Å². The number of nitrogen functional groups attached to an aromatic ring is 1. The summed E-state index contributed by atoms with van der Waals surface area (Å²) < 4.78 is 16.1. The Bertz CT molecular complexity index is 783. The van der Waals surface area contributed by atoms with Crippen molar-refractivity contribution in [1.29, 1.82) is 0 Å². The van der Waals surface area contributed by atoms with E-state index in [0.29, 0.717) is 43.1 Å². The fourth-order valence-electron chi connectivity index (χ4n) is 3.72. The summed E-state index contributed by atoms with van der Waals surface area (Å²) in [5.74, 6) is -0.751. The van der Waals surface area contributed by atoms with E-state index < -0.39 is 11.9 Å². The Morgan fingerprint density at radius 2 is 2.23 bits per heavy atom. The molecule has 7 nitrogen and oxygen atoms in total. The molecule has 0 aromatic heterocycles. The molecular formula is C19H23NO6. The number of rotatable bonds is 5. The average Bonchev–Trinajstić information content (AvgIpc) is 2.99. The second-order valence-corrected chi connectivity index (χ2v) is 6.58. The van der Waals surface area contributed by atoms with E-state index >= 15 is 0 Å². The molecule has 0 bridgehead atoms. The first-order valence-electron chi connectivity index (χ1n) is 8.57. The van der Waals surface area contributed by atoms with Crippen LogP contribution in [0.2, 0.25) is 0 Å². The molecule has 1 aromatic rings. The topological polar surface area (TPSA) is 108 Å². The minimum Gasteiger partial charge on any atom is -0.496 e. The number of anilines is 1. The van der Waals surface area contributed by atoms with E-state index in [0.717, 1.165) is 22.3 Å². The van der Waals surface area contributed by atoms with Crippen molar-refractivity contribution in [2.45, 2.75) is 32.8 Å². The summed E-state index contributed by atoms with van der Waals surface area (Å²) in [6.07, 6.45) is 3.18. The molecule has 0 unspecified atom stereocenters. The number of aliphatic carboxylic acids is 1. The summed E-state index contributed by atoms with van der Waals surface area (Å²) >= 11 is 0. The van der Waals surface area contributed by atoms with Crippen molar-refractivity contribution in [3.05, 3.63) is 33.9 Å². The van der Waals surface area contributed by atoms with Crippen molar-refractivity contribution in [1.82, 2.24) is 0 Å². The van der Waals surface area contributed by atoms with Crippen LogP contribution in [0.4, 0.5) is 5.69 Å². The van der Waals surface area contributed by atoms with Gasteiger partial charge in [-0.15, -0.1) is 0 Å². The minimum atomic E-state index is -0.848. The Morgan fingerprint density at radius 1 is 1.46 bits per heavy atom. The highest BCUT2D eigenvalue weighted by atomic mass is 16.5. The van der Waals surface area contributed by atoms with Gasteiger partial charge in [0.2, 0.25) is 0 Å². The van der Waals surface area contributed by atoms with Crippen LogP contribution in [0.1, 0.15) is 39.9 Å². The number of ether oxygens (including phenoxy) is 3. The molecular weight excluding hydrogens is 338 g/mol. The van der Waals surface area contributed by atoms with Gasteiger partial charge in [0.05, 0.1) is 38.0 Å². The Morgan fingerprint density at radius 3 is 2.92 bits per heavy atom. The normalized spacial score (nSPS) is 20.8. The van der Waals surface area contributed by atoms with Crippen LogP contribution in [0.15, 0.2) is 11.6 Å². The van der Waals surface area contributed by atoms with Gasteiger partial charge < -0.3 is 25.1 Å². The smallest absolute Gasteiger partial charge is 0.341 e. The lowest BCUT2D eigenvalue weighted by Gasteiger charge is -2.25. The maximum atomic E-state index is 12.0. The summed E-state index contributed by atoms with van der Waals surface area (Å²) in [7, 11) is 1.57. The van der Waals surface area contributed by atoms with E-state index in [2.05, 4.69) is 0 Å². The summed E-state index contributed by atoms with van der Waals surface area (Å²) in [5, 5.41) is 9.09. The summed E-state index contributed by atoms with van der Waals surface area (Å²) in [6, 6.07) is 0. The quantitative estimate of drug-likeness (QED) is 0.470. The number of nitrogens with two attached hydrogens (primary N) is 1. The predicted molar refractivity (Wildman–Crippen MR) is 94.2 cm³/mol. The van der Waals surface area contributed by atoms with E-state index in [1.807, 2.05) is 13.0 Å². The van der Waals surface area contributed by atoms with Gasteiger partial charge in [-0.1, -0.05) is 11.6 Å². The molecule has 0 spiro atoms. The Kier molecular flexibility index (Phi) is 5.18. The fraction of sp³-hybridized carbons (Fsp3) is 0.474. The molecule has 0 aliphatic carbocycles. The number of methoxy groups -OCH3 is 1. The lowest BCUT2D eigenvalue weighted by molar-refractivity contribution is -0.138. The average molecular weight is 361 g/mol. The third-order valence-electron chi connectivity index (χ3n) is 5.09. The zero-order chi connectivity index (χ0) is 18.8. The van der Waals surface area contributed by atoms with Crippen molar-refractivity contribution >= 4 is 17.6 Å². The number of esters is 1. The van der Waals surface area contributed by atoms with Gasteiger partial charge in [0.1, 0.15) is 12.4 Å². The zero-order valence-electron chi connectivity index (χ0n) is 15.0. The van der Waals surface area contributed by atoms with E-state index in [1.54, 1.807) is 7.11 Å². The van der Waals surface area contributed by atoms with Gasteiger partial charge in [-0.3, -0.25) is 4.79 Å². The molecule has 1 atom stereocenters. The standard InChI is InChI=1S/C19H23NO6/c1-10-14-9-26-19(23)16(14)17(20)13(18(10)24-2)4-3-11-5-6-25-8-12(11)7-15(21)22/h3,12H,4-9,20H2,1-2H3,(H,21,22)/t12-/m1/s1. The van der Waals surface area contributed by atoms with Crippen molar-refractivity contribution in [2.75, 3.05) is 26.1 Å². The summed E-state index contributed by atoms with van der Waals surface area (Å²) in [4.78, 5) is 23.1. The van der Waals surface area contributed by atoms with Crippen LogP contribution in [-0.2, 0) is 27.3 Å². The first kappa shape index (κ1) is 18.3. The van der Waals surface area contributed by atoms with E-state index in [1.165, 1.54) is 0 Å². The van der Waals surface area contributed by atoms with Gasteiger partial charge in [0, 0.05) is 17.0 Å². The van der Waals surface area contributed by atoms with Crippen LogP contribution in [0.5, 0.6) is 5.75 Å². The summed E-state index contributed by atoms with van der Waals surface area (Å²) in [5.41, 5.74) is 10.5. The Labute approximate surface area is 151 Å². The minimum absolute atomic E-state index is 0.0357. The van der Waals surface area contributed by atoms with Gasteiger partial charge in [0.25, 0.3) is 0 Å². The number of fused-ring (bicyclic) bond motifs is 1. The molecule has 2 aliphatic heterocycles. The van der Waals surface area contributed by atoms with Gasteiger partial charge in [-0.25, -0.2) is 4.79 Å². The number of allylic oxidation sites excluding steroid dienone is 1. The number of cyclic esters (lactones) is 1. The molecule has 1 aromatic carbocycles. The third kappa shape index (κ3) is 3.26. The van der Waals surface area contributed by atoms with Crippen molar-refractivity contribution < 1.29 is 28.9 Å². The highest BCUT2D eigenvalue weighted by Crippen LogP contribution is 2.40. The summed E-state index contributed by atoms with van der Waals surface area (Å²) in [6.45, 7) is 3.07. The maximum absolute atomic E-state index is 12.0. The van der Waals surface area contributed by atoms with E-state index in [-0.39, 0.29) is 18.9 Å². The van der Waals surface area contributed by atoms with Crippen LogP contribution in [-0.4, -0.2) is 37.4 Å². The van der Waals surface area contributed by atoms with Gasteiger partial charge in [-0.2, -0.15) is 0 Å². The molecule has 0 saturated carbocycles. The van der Waals surface area contributed by atoms with Gasteiger partial charge in [0.15, 0.2) is 0 Å². The van der Waals surface area contributed by atoms with Crippen LogP contribution < -0.4 is 10.5 Å². The lowest BCUT2D eigenvalue weighted by atomic mass is 9.89. The molecule has 140 valence electrons. The molecule has 1 fully saturated rings. The van der Waals surface area contributed by atoms with Crippen LogP contribution in [0.3, 0.4) is 0 Å². The molecule has 26 heavy (non-hydrogen) atoms. The van der Waals surface area contributed by atoms with Crippen LogP contribution in [0.25, 0.3) is 0 Å². The number of carbonyl (C=O) groups is 2. The molecule has 1 saturated heterocycles. The predicted octanol–water partition coefficient (Wildman–Crippen LogP) is 2.24. The number of hydrogen-bond acceptors (Lipinski definition) is 6. The van der Waals surface area contributed by atoms with Crippen molar-refractivity contribution in [3.8, 4) is 5.75 Å². The van der Waals surface area contributed by atoms with E-state index in [9.17, 15) is 9.59 Å². The van der Waals surface area contributed by atoms with Crippen molar-refractivity contribution in [3.63, 3.8) is 0 Å². The lowest BCUT2D eigenvalue weighted by Crippen LogP contribution is -2.23. The fourth-order valence-corrected chi connectivity index (χ4v) is 3.72. The van der Waals surface area contributed by atoms with Gasteiger partial charge >= 0.3 is 11.9 Å². The maximum Gasteiger partial charge on any atom is 0.341 e. The molecule has 0 radical (unpaired) electrons. The number of carboxylic acid groups (broad SMARTS) is 1. The molecule has 2 aliphatic rings. The van der Waals surface area contributed by atoms with Gasteiger partial charge in [-0.05, 0) is 25.3 Å². The third-order valence-corrected chi connectivity index (χ3v) is 5.09. The highest BCUT2D eigenvalue weighted by molar-refractivity contribution is 6.00. The van der Waals surface area contributed by atoms with Crippen LogP contribution in [0, 0.1) is 12.8 Å². The SMILES string of the molecule is COc1c(C)c2c(c(N)c1CC=C1CCOC[C@H]1CC(=O)O)C(=O)OC2. The Balaban J connectivity index is 1.96. The monoisotopic (exact) mass is 361 g/mol. The Hall–Kier alpha value is -2.54. The molecule has 7 heteroatoms. The second kappa shape index (κ2) is 7.37. The van der Waals surface area contributed by atoms with Crippen LogP contribution >= 0.6 is 0 Å². The number of hydrogen-bond donors (Lipinski definition) is 2. The highest BCUT2D eigenvalue weighted by Gasteiger charge is 2.31.